The lowest BCUT2D eigenvalue weighted by Gasteiger charge is -2.12. The molecule has 4 N–H and O–H groups in total. The number of nitrogens with one attached hydrogen (secondary N) is 1. The predicted molar refractivity (Wildman–Crippen MR) is 136 cm³/mol. The van der Waals surface area contributed by atoms with Crippen molar-refractivity contribution >= 4 is 45.8 Å². The predicted octanol–water partition coefficient (Wildman–Crippen LogP) is 4.50. The van der Waals surface area contributed by atoms with Gasteiger partial charge in [0.2, 0.25) is 7.37 Å². The number of anilines is 2. The molecule has 33 heavy (non-hydrogen) atoms. The van der Waals surface area contributed by atoms with Crippen LogP contribution < -0.4 is 11.1 Å². The number of benzene rings is 2. The lowest BCUT2D eigenvalue weighted by molar-refractivity contribution is 0.102. The maximum Gasteiger partial charge on any atom is 0.255 e. The molecule has 7 nitrogen and oxygen atoms in total. The Labute approximate surface area is 198 Å². The van der Waals surface area contributed by atoms with E-state index in [9.17, 15) is 22.7 Å². The molecule has 3 aromatic rings. The zero-order chi connectivity index (χ0) is 24.1. The number of nitrogens with two attached hydrogens (primary N) is 1. The molecule has 1 atom stereocenters. The van der Waals surface area contributed by atoms with Crippen molar-refractivity contribution in [3.63, 3.8) is 0 Å². The van der Waals surface area contributed by atoms with Crippen LogP contribution in [0, 0.1) is 0 Å². The van der Waals surface area contributed by atoms with Crippen molar-refractivity contribution in [1.82, 2.24) is 0 Å². The van der Waals surface area contributed by atoms with Crippen molar-refractivity contribution in [2.45, 2.75) is 13.3 Å². The molecule has 1 unspecified atom stereocenters. The number of sulfone groups is 1. The summed E-state index contributed by atoms with van der Waals surface area (Å²) < 4.78 is 35.4. The molecule has 0 fully saturated rings. The standard InChI is InChI=1S/C23H27N2O5PS2/c1-2-33(29,30)15-13-31(27,28)12-11-17-5-7-18(8-6-17)23(26)25-21-16-19(9-10-20(21)24)22-4-3-14-32-22/h3-10,14,16H,2,11-13,15,24H2,1H3,(H,25,26)(H,27,28). The minimum atomic E-state index is -3.55. The quantitative estimate of drug-likeness (QED) is 0.275. The molecule has 0 aliphatic carbocycles. The largest absolute Gasteiger partial charge is 0.397 e. The van der Waals surface area contributed by atoms with Crippen LogP contribution in [0.3, 0.4) is 0 Å². The monoisotopic (exact) mass is 506 g/mol. The average molecular weight is 507 g/mol. The highest BCUT2D eigenvalue weighted by Gasteiger charge is 2.21. The van der Waals surface area contributed by atoms with Crippen molar-refractivity contribution in [1.29, 1.82) is 0 Å². The number of carbonyl (C=O) groups excluding carboxylic acids is 1. The lowest BCUT2D eigenvalue weighted by Crippen LogP contribution is -2.14. The Balaban J connectivity index is 1.60. The number of hydrogen-bond acceptors (Lipinski definition) is 6. The summed E-state index contributed by atoms with van der Waals surface area (Å²) in [7, 11) is -6.83. The first-order chi connectivity index (χ1) is 15.6. The molecule has 0 radical (unpaired) electrons. The van der Waals surface area contributed by atoms with Gasteiger partial charge >= 0.3 is 0 Å². The first-order valence-corrected chi connectivity index (χ1v) is 15.2. The Hall–Kier alpha value is -2.45. The molecule has 0 spiro atoms. The van der Waals surface area contributed by atoms with E-state index in [0.29, 0.717) is 23.4 Å². The number of aryl methyl sites for hydroxylation is 1. The summed E-state index contributed by atoms with van der Waals surface area (Å²) >= 11 is 1.60. The van der Waals surface area contributed by atoms with E-state index >= 15 is 0 Å². The van der Waals surface area contributed by atoms with Gasteiger partial charge in [-0.2, -0.15) is 0 Å². The van der Waals surface area contributed by atoms with Gasteiger partial charge in [-0.1, -0.05) is 31.2 Å². The molecule has 3 rings (SSSR count). The van der Waals surface area contributed by atoms with Gasteiger partial charge in [0.25, 0.3) is 5.91 Å². The van der Waals surface area contributed by atoms with Crippen LogP contribution in [0.5, 0.6) is 0 Å². The molecule has 0 bridgehead atoms. The van der Waals surface area contributed by atoms with Crippen molar-refractivity contribution in [2.75, 3.05) is 34.9 Å². The molecule has 0 aliphatic rings. The van der Waals surface area contributed by atoms with Crippen LogP contribution in [0.4, 0.5) is 11.4 Å². The van der Waals surface area contributed by atoms with Crippen molar-refractivity contribution in [3.05, 3.63) is 71.1 Å². The lowest BCUT2D eigenvalue weighted by atomic mass is 10.1. The van der Waals surface area contributed by atoms with Crippen LogP contribution in [0.1, 0.15) is 22.8 Å². The molecule has 0 saturated carbocycles. The topological polar surface area (TPSA) is 127 Å². The van der Waals surface area contributed by atoms with E-state index in [1.54, 1.807) is 41.7 Å². The molecule has 0 aliphatic heterocycles. The van der Waals surface area contributed by atoms with Crippen molar-refractivity contribution in [2.24, 2.45) is 0 Å². The second-order valence-electron chi connectivity index (χ2n) is 7.71. The number of carbonyl (C=O) groups is 1. The number of hydrogen-bond donors (Lipinski definition) is 3. The van der Waals surface area contributed by atoms with Crippen molar-refractivity contribution < 1.29 is 22.7 Å². The maximum absolute atomic E-state index is 12.7. The van der Waals surface area contributed by atoms with Crippen LogP contribution in [-0.4, -0.2) is 43.0 Å². The van der Waals surface area contributed by atoms with E-state index in [-0.39, 0.29) is 29.7 Å². The highest BCUT2D eigenvalue weighted by Crippen LogP contribution is 2.41. The summed E-state index contributed by atoms with van der Waals surface area (Å²) in [6, 6.07) is 16.2. The molecular weight excluding hydrogens is 479 g/mol. The fourth-order valence-corrected chi connectivity index (χ4v) is 7.22. The fourth-order valence-electron chi connectivity index (χ4n) is 3.12. The van der Waals surface area contributed by atoms with Crippen LogP contribution in [0.2, 0.25) is 0 Å². The molecule has 2 aromatic carbocycles. The Bertz CT molecular complexity index is 1260. The Morgan fingerprint density at radius 3 is 2.48 bits per heavy atom. The van der Waals surface area contributed by atoms with E-state index in [2.05, 4.69) is 5.32 Å². The van der Waals surface area contributed by atoms with Gasteiger partial charge in [0.15, 0.2) is 9.84 Å². The molecule has 10 heteroatoms. The smallest absolute Gasteiger partial charge is 0.255 e. The summed E-state index contributed by atoms with van der Waals surface area (Å²) in [6.07, 6.45) is 0.0666. The molecule has 176 valence electrons. The second kappa shape index (κ2) is 10.7. The molecule has 1 amide bonds. The normalized spacial score (nSPS) is 13.4. The third kappa shape index (κ3) is 7.27. The van der Waals surface area contributed by atoms with E-state index in [4.69, 9.17) is 5.73 Å². The van der Waals surface area contributed by atoms with Gasteiger partial charge in [-0.25, -0.2) is 8.42 Å². The van der Waals surface area contributed by atoms with Gasteiger partial charge in [0, 0.05) is 28.5 Å². The number of rotatable bonds is 10. The van der Waals surface area contributed by atoms with Crippen LogP contribution >= 0.6 is 18.7 Å². The van der Waals surface area contributed by atoms with E-state index in [1.807, 2.05) is 29.6 Å². The zero-order valence-corrected chi connectivity index (χ0v) is 20.8. The highest BCUT2D eigenvalue weighted by molar-refractivity contribution is 7.91. The summed E-state index contributed by atoms with van der Waals surface area (Å²) in [5, 5.41) is 4.82. The Kier molecular flexibility index (Phi) is 8.13. The molecular formula is C23H27N2O5PS2. The average Bonchev–Trinajstić information content (AvgIpc) is 3.33. The summed E-state index contributed by atoms with van der Waals surface area (Å²) in [5.74, 6) is -0.637. The van der Waals surface area contributed by atoms with Gasteiger partial charge in [0.1, 0.15) is 0 Å². The first kappa shape index (κ1) is 25.2. The number of amides is 1. The third-order valence-electron chi connectivity index (χ3n) is 5.26. The van der Waals surface area contributed by atoms with E-state index < -0.39 is 17.2 Å². The summed E-state index contributed by atoms with van der Waals surface area (Å²) in [4.78, 5) is 23.8. The van der Waals surface area contributed by atoms with Crippen LogP contribution in [-0.2, 0) is 20.8 Å². The summed E-state index contributed by atoms with van der Waals surface area (Å²) in [6.45, 7) is 1.52. The van der Waals surface area contributed by atoms with Gasteiger partial charge in [-0.15, -0.1) is 11.3 Å². The van der Waals surface area contributed by atoms with Gasteiger partial charge < -0.3 is 15.9 Å². The van der Waals surface area contributed by atoms with Crippen molar-refractivity contribution in [3.8, 4) is 10.4 Å². The van der Waals surface area contributed by atoms with Gasteiger partial charge in [-0.3, -0.25) is 9.36 Å². The summed E-state index contributed by atoms with van der Waals surface area (Å²) in [5.41, 5.74) is 9.21. The maximum atomic E-state index is 12.7. The Morgan fingerprint density at radius 2 is 1.85 bits per heavy atom. The Morgan fingerprint density at radius 1 is 1.12 bits per heavy atom. The van der Waals surface area contributed by atoms with Crippen LogP contribution in [0.25, 0.3) is 10.4 Å². The molecule has 1 heterocycles. The van der Waals surface area contributed by atoms with Crippen LogP contribution in [0.15, 0.2) is 60.0 Å². The number of thiophene rings is 1. The minimum absolute atomic E-state index is 0.0101. The van der Waals surface area contributed by atoms with Gasteiger partial charge in [-0.05, 0) is 53.3 Å². The van der Waals surface area contributed by atoms with E-state index in [0.717, 1.165) is 16.0 Å². The zero-order valence-electron chi connectivity index (χ0n) is 18.2. The third-order valence-corrected chi connectivity index (χ3v) is 10.0. The molecule has 1 aromatic heterocycles. The second-order valence-corrected chi connectivity index (χ2v) is 13.7. The molecule has 0 saturated heterocycles. The van der Waals surface area contributed by atoms with Gasteiger partial charge in [0.05, 0.1) is 17.1 Å². The SMILES string of the molecule is CCS(=O)(=O)CCP(=O)(O)CCc1ccc(C(=O)Nc2cc(-c3cccs3)ccc2N)cc1. The first-order valence-electron chi connectivity index (χ1n) is 10.4. The number of nitrogen functional groups attached to an aromatic ring is 1. The fraction of sp³-hybridized carbons (Fsp3) is 0.261. The minimum Gasteiger partial charge on any atom is -0.397 e. The highest BCUT2D eigenvalue weighted by atomic mass is 32.2. The van der Waals surface area contributed by atoms with E-state index in [1.165, 1.54) is 6.92 Å².